The summed E-state index contributed by atoms with van der Waals surface area (Å²) in [5, 5.41) is 2.91. The van der Waals surface area contributed by atoms with Crippen molar-refractivity contribution in [3.63, 3.8) is 0 Å². The fourth-order valence-electron chi connectivity index (χ4n) is 2.89. The lowest BCUT2D eigenvalue weighted by molar-refractivity contribution is 0.0526. The number of nitrogens with one attached hydrogen (secondary N) is 2. The van der Waals surface area contributed by atoms with Crippen molar-refractivity contribution in [2.75, 3.05) is 16.6 Å². The van der Waals surface area contributed by atoms with Gasteiger partial charge in [0.2, 0.25) is 0 Å². The second kappa shape index (κ2) is 9.84. The molecule has 0 saturated carbocycles. The highest BCUT2D eigenvalue weighted by molar-refractivity contribution is 7.92. The van der Waals surface area contributed by atoms with E-state index < -0.39 is 21.9 Å². The third kappa shape index (κ3) is 5.46. The van der Waals surface area contributed by atoms with Gasteiger partial charge < -0.3 is 10.1 Å². The van der Waals surface area contributed by atoms with Crippen molar-refractivity contribution in [3.8, 4) is 0 Å². The van der Waals surface area contributed by atoms with E-state index in [9.17, 15) is 18.0 Å². The molecule has 166 valence electrons. The number of hydrogen-bond acceptors (Lipinski definition) is 5. The summed E-state index contributed by atoms with van der Waals surface area (Å²) in [6.45, 7) is 3.58. The van der Waals surface area contributed by atoms with Gasteiger partial charge in [0.05, 0.1) is 27.8 Å². The van der Waals surface area contributed by atoms with Gasteiger partial charge in [-0.2, -0.15) is 0 Å². The Balaban J connectivity index is 1.77. The Hall–Kier alpha value is -3.36. The van der Waals surface area contributed by atoms with Crippen molar-refractivity contribution >= 4 is 44.9 Å². The second-order valence-electron chi connectivity index (χ2n) is 6.82. The quantitative estimate of drug-likeness (QED) is 0.477. The van der Waals surface area contributed by atoms with Crippen LogP contribution in [0.2, 0.25) is 5.02 Å². The van der Waals surface area contributed by atoms with Gasteiger partial charge >= 0.3 is 5.97 Å². The highest BCUT2D eigenvalue weighted by Gasteiger charge is 2.17. The van der Waals surface area contributed by atoms with E-state index in [1.807, 2.05) is 0 Å². The molecule has 0 heterocycles. The molecule has 1 amide bonds. The predicted molar refractivity (Wildman–Crippen MR) is 124 cm³/mol. The fourth-order valence-corrected chi connectivity index (χ4v) is 4.24. The fraction of sp³-hybridized carbons (Fsp3) is 0.130. The topological polar surface area (TPSA) is 102 Å². The van der Waals surface area contributed by atoms with Gasteiger partial charge in [-0.25, -0.2) is 13.2 Å². The molecule has 32 heavy (non-hydrogen) atoms. The van der Waals surface area contributed by atoms with Gasteiger partial charge in [0, 0.05) is 11.3 Å². The van der Waals surface area contributed by atoms with Crippen molar-refractivity contribution in [3.05, 3.63) is 88.4 Å². The number of anilines is 2. The second-order valence-corrected chi connectivity index (χ2v) is 8.91. The summed E-state index contributed by atoms with van der Waals surface area (Å²) < 4.78 is 32.6. The van der Waals surface area contributed by atoms with Crippen LogP contribution in [0.25, 0.3) is 0 Å². The highest BCUT2D eigenvalue weighted by atomic mass is 35.5. The van der Waals surface area contributed by atoms with Crippen molar-refractivity contribution in [1.82, 2.24) is 0 Å². The van der Waals surface area contributed by atoms with Gasteiger partial charge in [0.1, 0.15) is 0 Å². The Kier molecular flexibility index (Phi) is 7.17. The van der Waals surface area contributed by atoms with Crippen molar-refractivity contribution in [1.29, 1.82) is 0 Å². The van der Waals surface area contributed by atoms with Crippen molar-refractivity contribution in [2.24, 2.45) is 0 Å². The maximum Gasteiger partial charge on any atom is 0.339 e. The first kappa shape index (κ1) is 23.3. The Morgan fingerprint density at radius 3 is 2.38 bits per heavy atom. The van der Waals surface area contributed by atoms with E-state index in [-0.39, 0.29) is 22.1 Å². The summed E-state index contributed by atoms with van der Waals surface area (Å²) in [5.41, 5.74) is 1.77. The van der Waals surface area contributed by atoms with Crippen LogP contribution in [0.5, 0.6) is 0 Å². The summed E-state index contributed by atoms with van der Waals surface area (Å²) >= 11 is 6.05. The molecule has 0 saturated heterocycles. The Morgan fingerprint density at radius 2 is 1.72 bits per heavy atom. The number of ether oxygens (including phenoxy) is 1. The molecule has 0 aliphatic heterocycles. The zero-order valence-corrected chi connectivity index (χ0v) is 19.0. The molecule has 2 N–H and O–H groups in total. The van der Waals surface area contributed by atoms with Crippen LogP contribution in [-0.2, 0) is 14.8 Å². The molecule has 0 atom stereocenters. The molecule has 9 heteroatoms. The van der Waals surface area contributed by atoms with Crippen LogP contribution in [0.3, 0.4) is 0 Å². The SMILES string of the molecule is CCOC(=O)c1cc(NC(=O)c2ccc(NS(=O)(=O)c3ccccc3)c(C)c2)ccc1Cl. The maximum atomic E-state index is 12.7. The number of carbonyl (C=O) groups excluding carboxylic acids is 2. The molecule has 0 bridgehead atoms. The van der Waals surface area contributed by atoms with Gasteiger partial charge in [0.25, 0.3) is 15.9 Å². The minimum absolute atomic E-state index is 0.140. The molecule has 0 aromatic heterocycles. The number of esters is 1. The summed E-state index contributed by atoms with van der Waals surface area (Å²) in [6, 6.07) is 17.1. The number of benzene rings is 3. The van der Waals surface area contributed by atoms with E-state index in [1.54, 1.807) is 44.2 Å². The number of halogens is 1. The monoisotopic (exact) mass is 472 g/mol. The number of carbonyl (C=O) groups is 2. The van der Waals surface area contributed by atoms with Gasteiger partial charge in [-0.05, 0) is 67.9 Å². The van der Waals surface area contributed by atoms with E-state index in [2.05, 4.69) is 10.0 Å². The summed E-state index contributed by atoms with van der Waals surface area (Å²) in [6.07, 6.45) is 0. The smallest absolute Gasteiger partial charge is 0.339 e. The first-order valence-corrected chi connectivity index (χ1v) is 11.5. The number of hydrogen-bond donors (Lipinski definition) is 2. The first-order valence-electron chi connectivity index (χ1n) is 9.68. The molecular formula is C23H21ClN2O5S. The summed E-state index contributed by atoms with van der Waals surface area (Å²) in [4.78, 5) is 24.8. The largest absolute Gasteiger partial charge is 0.462 e. The molecule has 3 aromatic rings. The van der Waals surface area contributed by atoms with Crippen LogP contribution in [0, 0.1) is 6.92 Å². The lowest BCUT2D eigenvalue weighted by atomic mass is 10.1. The minimum Gasteiger partial charge on any atom is -0.462 e. The number of amides is 1. The molecule has 0 spiro atoms. The van der Waals surface area contributed by atoms with Gasteiger partial charge in [-0.15, -0.1) is 0 Å². The van der Waals surface area contributed by atoms with Crippen LogP contribution in [0.15, 0.2) is 71.6 Å². The molecule has 3 rings (SSSR count). The van der Waals surface area contributed by atoms with Crippen LogP contribution >= 0.6 is 11.6 Å². The zero-order chi connectivity index (χ0) is 23.3. The van der Waals surface area contributed by atoms with Crippen LogP contribution < -0.4 is 10.0 Å². The third-order valence-corrected chi connectivity index (χ3v) is 6.22. The molecule has 0 aliphatic carbocycles. The lowest BCUT2D eigenvalue weighted by Crippen LogP contribution is -2.15. The van der Waals surface area contributed by atoms with Gasteiger partial charge in [-0.1, -0.05) is 29.8 Å². The minimum atomic E-state index is -3.75. The van der Waals surface area contributed by atoms with Crippen LogP contribution in [0.4, 0.5) is 11.4 Å². The standard InChI is InChI=1S/C23H21ClN2O5S/c1-3-31-23(28)19-14-17(10-11-20(19)24)25-22(27)16-9-12-21(15(2)13-16)26-32(29,30)18-7-5-4-6-8-18/h4-14,26H,3H2,1-2H3,(H,25,27). The van der Waals surface area contributed by atoms with Gasteiger partial charge in [-0.3, -0.25) is 9.52 Å². The average molecular weight is 473 g/mol. The first-order chi connectivity index (χ1) is 15.2. The van der Waals surface area contributed by atoms with Crippen molar-refractivity contribution < 1.29 is 22.7 Å². The molecule has 7 nitrogen and oxygen atoms in total. The third-order valence-electron chi connectivity index (χ3n) is 4.51. The summed E-state index contributed by atoms with van der Waals surface area (Å²) in [5.74, 6) is -1.01. The average Bonchev–Trinajstić information content (AvgIpc) is 2.77. The highest BCUT2D eigenvalue weighted by Crippen LogP contribution is 2.24. The van der Waals surface area contributed by atoms with E-state index in [0.717, 1.165) is 0 Å². The molecular weight excluding hydrogens is 452 g/mol. The lowest BCUT2D eigenvalue weighted by Gasteiger charge is -2.13. The number of aryl methyl sites for hydroxylation is 1. The number of rotatable bonds is 7. The normalized spacial score (nSPS) is 11.0. The molecule has 0 fully saturated rings. The van der Waals surface area contributed by atoms with E-state index in [1.165, 1.54) is 36.4 Å². The zero-order valence-electron chi connectivity index (χ0n) is 17.4. The summed E-state index contributed by atoms with van der Waals surface area (Å²) in [7, 11) is -3.75. The number of sulfonamides is 1. The van der Waals surface area contributed by atoms with Crippen molar-refractivity contribution in [2.45, 2.75) is 18.7 Å². The molecule has 0 unspecified atom stereocenters. The predicted octanol–water partition coefficient (Wildman–Crippen LogP) is 4.88. The van der Waals surface area contributed by atoms with E-state index in [4.69, 9.17) is 16.3 Å². The van der Waals surface area contributed by atoms with E-state index in [0.29, 0.717) is 22.5 Å². The Bertz CT molecular complexity index is 1260. The van der Waals surface area contributed by atoms with E-state index >= 15 is 0 Å². The maximum absolute atomic E-state index is 12.7. The molecule has 0 aliphatic rings. The van der Waals surface area contributed by atoms with Crippen LogP contribution in [-0.4, -0.2) is 26.9 Å². The van der Waals surface area contributed by atoms with Crippen LogP contribution in [0.1, 0.15) is 33.2 Å². The van der Waals surface area contributed by atoms with Gasteiger partial charge in [0.15, 0.2) is 0 Å². The molecule has 0 radical (unpaired) electrons. The Labute approximate surface area is 191 Å². The Morgan fingerprint density at radius 1 is 1.00 bits per heavy atom. The molecule has 3 aromatic carbocycles.